The number of likely N-dealkylation sites (tertiary alicyclic amines) is 1. The molecular weight excluding hydrogens is 308 g/mol. The molecule has 1 saturated heterocycles. The first-order valence-electron chi connectivity index (χ1n) is 7.79. The summed E-state index contributed by atoms with van der Waals surface area (Å²) in [6.07, 6.45) is 2.35. The lowest BCUT2D eigenvalue weighted by molar-refractivity contribution is -0.123. The van der Waals surface area contributed by atoms with Crippen LogP contribution in [0.1, 0.15) is 23.2 Å². The Labute approximate surface area is 138 Å². The summed E-state index contributed by atoms with van der Waals surface area (Å²) < 4.78 is 0. The van der Waals surface area contributed by atoms with Crippen LogP contribution in [0.4, 0.5) is 0 Å². The number of carbonyl (C=O) groups is 2. The number of nitrogens with zero attached hydrogens (tertiary/aromatic N) is 2. The zero-order chi connectivity index (χ0) is 17.1. The Morgan fingerprint density at radius 2 is 1.83 bits per heavy atom. The first kappa shape index (κ1) is 15.9. The zero-order valence-corrected chi connectivity index (χ0v) is 13.1. The molecule has 1 fully saturated rings. The second kappa shape index (κ2) is 6.66. The fourth-order valence-electron chi connectivity index (χ4n) is 2.83. The number of hydrogen-bond acceptors (Lipinski definition) is 4. The van der Waals surface area contributed by atoms with E-state index in [1.54, 1.807) is 4.90 Å². The average Bonchev–Trinajstić information content (AvgIpc) is 2.62. The Morgan fingerprint density at radius 3 is 2.42 bits per heavy atom. The van der Waals surface area contributed by atoms with Crippen LogP contribution in [0.15, 0.2) is 41.3 Å². The molecule has 1 aromatic carbocycles. The van der Waals surface area contributed by atoms with Gasteiger partial charge in [-0.25, -0.2) is 4.98 Å². The molecule has 124 valence electrons. The highest BCUT2D eigenvalue weighted by Crippen LogP contribution is 2.18. The summed E-state index contributed by atoms with van der Waals surface area (Å²) in [5.41, 5.74) is 5.60. The number of nitrogens with one attached hydrogen (secondary N) is 1. The van der Waals surface area contributed by atoms with Crippen LogP contribution in [0.3, 0.4) is 0 Å². The Balaban J connectivity index is 1.77. The number of carbonyl (C=O) groups excluding carboxylic acids is 2. The predicted octanol–water partition coefficient (Wildman–Crippen LogP) is 0.774. The van der Waals surface area contributed by atoms with Crippen LogP contribution >= 0.6 is 0 Å². The number of amides is 2. The van der Waals surface area contributed by atoms with Gasteiger partial charge in [-0.1, -0.05) is 30.3 Å². The fraction of sp³-hybridized carbons (Fsp3) is 0.294. The minimum absolute atomic E-state index is 0.00667. The molecule has 1 aromatic heterocycles. The Morgan fingerprint density at radius 1 is 1.17 bits per heavy atom. The molecule has 0 atom stereocenters. The summed E-state index contributed by atoms with van der Waals surface area (Å²) in [6, 6.07) is 9.21. The highest BCUT2D eigenvalue weighted by atomic mass is 16.2. The molecule has 2 aromatic rings. The quantitative estimate of drug-likeness (QED) is 0.868. The van der Waals surface area contributed by atoms with Gasteiger partial charge in [0, 0.05) is 30.8 Å². The van der Waals surface area contributed by atoms with Crippen LogP contribution in [0.5, 0.6) is 0 Å². The van der Waals surface area contributed by atoms with E-state index in [-0.39, 0.29) is 23.3 Å². The summed E-state index contributed by atoms with van der Waals surface area (Å²) in [5.74, 6) is -0.490. The second-order valence-electron chi connectivity index (χ2n) is 5.81. The number of aromatic nitrogens is 2. The van der Waals surface area contributed by atoms with E-state index in [9.17, 15) is 14.4 Å². The molecule has 24 heavy (non-hydrogen) atoms. The number of piperidine rings is 1. The molecule has 0 spiro atoms. The Hall–Kier alpha value is -2.96. The summed E-state index contributed by atoms with van der Waals surface area (Å²) in [4.78, 5) is 44.3. The summed E-state index contributed by atoms with van der Waals surface area (Å²) >= 11 is 0. The smallest absolute Gasteiger partial charge is 0.264 e. The van der Waals surface area contributed by atoms with E-state index < -0.39 is 5.56 Å². The molecule has 0 radical (unpaired) electrons. The maximum Gasteiger partial charge on any atom is 0.264 e. The third-order valence-electron chi connectivity index (χ3n) is 4.26. The van der Waals surface area contributed by atoms with Crippen molar-refractivity contribution in [3.63, 3.8) is 0 Å². The molecule has 0 bridgehead atoms. The first-order valence-corrected chi connectivity index (χ1v) is 7.79. The van der Waals surface area contributed by atoms with E-state index in [1.165, 1.54) is 6.20 Å². The molecule has 7 nitrogen and oxygen atoms in total. The van der Waals surface area contributed by atoms with Crippen LogP contribution in [0.25, 0.3) is 11.4 Å². The van der Waals surface area contributed by atoms with Crippen LogP contribution in [0, 0.1) is 5.92 Å². The number of primary amides is 1. The van der Waals surface area contributed by atoms with Gasteiger partial charge in [-0.3, -0.25) is 14.4 Å². The van der Waals surface area contributed by atoms with Crippen LogP contribution < -0.4 is 11.3 Å². The van der Waals surface area contributed by atoms with Crippen LogP contribution in [0.2, 0.25) is 0 Å². The Kier molecular flexibility index (Phi) is 4.41. The van der Waals surface area contributed by atoms with Gasteiger partial charge < -0.3 is 15.6 Å². The summed E-state index contributed by atoms with van der Waals surface area (Å²) in [6.45, 7) is 0.818. The van der Waals surface area contributed by atoms with Crippen molar-refractivity contribution in [2.75, 3.05) is 13.1 Å². The number of aromatic amines is 1. The average molecular weight is 326 g/mol. The minimum Gasteiger partial charge on any atom is -0.369 e. The molecule has 1 aliphatic heterocycles. The molecule has 3 rings (SSSR count). The molecule has 0 aliphatic carbocycles. The zero-order valence-electron chi connectivity index (χ0n) is 13.1. The number of nitrogens with two attached hydrogens (primary N) is 1. The van der Waals surface area contributed by atoms with E-state index in [1.807, 2.05) is 30.3 Å². The molecule has 0 saturated carbocycles. The lowest BCUT2D eigenvalue weighted by Gasteiger charge is -2.30. The molecule has 2 amide bonds. The molecule has 0 unspecified atom stereocenters. The summed E-state index contributed by atoms with van der Waals surface area (Å²) in [7, 11) is 0. The third-order valence-corrected chi connectivity index (χ3v) is 4.26. The van der Waals surface area contributed by atoms with E-state index in [0.29, 0.717) is 31.8 Å². The second-order valence-corrected chi connectivity index (χ2v) is 5.81. The largest absolute Gasteiger partial charge is 0.369 e. The molecular formula is C17H18N4O3. The molecule has 2 heterocycles. The normalized spacial score (nSPS) is 15.2. The standard InChI is InChI=1S/C17H18N4O3/c18-14(22)11-6-8-21(9-7-11)17(24)13-10-19-15(20-16(13)23)12-4-2-1-3-5-12/h1-5,10-11H,6-9H2,(H2,18,22)(H,19,20,23). The maximum absolute atomic E-state index is 12.5. The first-order chi connectivity index (χ1) is 11.6. The number of hydrogen-bond donors (Lipinski definition) is 2. The lowest BCUT2D eigenvalue weighted by Crippen LogP contribution is -2.43. The van der Waals surface area contributed by atoms with Crippen LogP contribution in [-0.2, 0) is 4.79 Å². The van der Waals surface area contributed by atoms with Crippen molar-refractivity contribution < 1.29 is 9.59 Å². The number of rotatable bonds is 3. The van der Waals surface area contributed by atoms with Gasteiger partial charge in [0.05, 0.1) is 0 Å². The molecule has 1 aliphatic rings. The van der Waals surface area contributed by atoms with Crippen molar-refractivity contribution in [2.24, 2.45) is 11.7 Å². The summed E-state index contributed by atoms with van der Waals surface area (Å²) in [5, 5.41) is 0. The SMILES string of the molecule is NC(=O)C1CCN(C(=O)c2cnc(-c3ccccc3)[nH]c2=O)CC1. The van der Waals surface area contributed by atoms with Gasteiger partial charge in [0.15, 0.2) is 0 Å². The Bertz CT molecular complexity index is 808. The van der Waals surface area contributed by atoms with Crippen LogP contribution in [-0.4, -0.2) is 39.8 Å². The van der Waals surface area contributed by atoms with Crippen molar-refractivity contribution in [1.82, 2.24) is 14.9 Å². The van der Waals surface area contributed by atoms with E-state index in [0.717, 1.165) is 5.56 Å². The van der Waals surface area contributed by atoms with Gasteiger partial charge in [-0.15, -0.1) is 0 Å². The van der Waals surface area contributed by atoms with Gasteiger partial charge in [-0.05, 0) is 12.8 Å². The van der Waals surface area contributed by atoms with Gasteiger partial charge in [0.1, 0.15) is 11.4 Å². The third kappa shape index (κ3) is 3.19. The molecule has 3 N–H and O–H groups in total. The van der Waals surface area contributed by atoms with Gasteiger partial charge >= 0.3 is 0 Å². The van der Waals surface area contributed by atoms with E-state index in [4.69, 9.17) is 5.73 Å². The topological polar surface area (TPSA) is 109 Å². The predicted molar refractivity (Wildman–Crippen MR) is 88.1 cm³/mol. The highest BCUT2D eigenvalue weighted by molar-refractivity contribution is 5.94. The van der Waals surface area contributed by atoms with E-state index >= 15 is 0 Å². The lowest BCUT2D eigenvalue weighted by atomic mass is 9.96. The van der Waals surface area contributed by atoms with Gasteiger partial charge in [0.25, 0.3) is 11.5 Å². The van der Waals surface area contributed by atoms with Crippen molar-refractivity contribution in [2.45, 2.75) is 12.8 Å². The van der Waals surface area contributed by atoms with Gasteiger partial charge in [0.2, 0.25) is 5.91 Å². The number of benzene rings is 1. The number of H-pyrrole nitrogens is 1. The minimum atomic E-state index is -0.467. The molecule has 7 heteroatoms. The fourth-order valence-corrected chi connectivity index (χ4v) is 2.83. The van der Waals surface area contributed by atoms with Crippen molar-refractivity contribution in [1.29, 1.82) is 0 Å². The van der Waals surface area contributed by atoms with Crippen molar-refractivity contribution in [3.05, 3.63) is 52.4 Å². The van der Waals surface area contributed by atoms with Crippen molar-refractivity contribution in [3.8, 4) is 11.4 Å². The highest BCUT2D eigenvalue weighted by Gasteiger charge is 2.27. The maximum atomic E-state index is 12.5. The van der Waals surface area contributed by atoms with Gasteiger partial charge in [-0.2, -0.15) is 0 Å². The van der Waals surface area contributed by atoms with Crippen molar-refractivity contribution >= 4 is 11.8 Å². The van der Waals surface area contributed by atoms with E-state index in [2.05, 4.69) is 9.97 Å². The monoisotopic (exact) mass is 326 g/mol.